The smallest absolute Gasteiger partial charge is 0.241 e. The van der Waals surface area contributed by atoms with Crippen molar-refractivity contribution in [1.29, 1.82) is 0 Å². The van der Waals surface area contributed by atoms with Crippen LogP contribution in [0.15, 0.2) is 53.4 Å². The predicted octanol–water partition coefficient (Wildman–Crippen LogP) is 1.87. The zero-order valence-electron chi connectivity index (χ0n) is 15.9. The summed E-state index contributed by atoms with van der Waals surface area (Å²) in [5, 5.41) is 7.50. The van der Waals surface area contributed by atoms with Crippen LogP contribution >= 0.6 is 23.4 Å². The number of carbonyl (C=O) groups is 2. The third kappa shape index (κ3) is 5.45. The van der Waals surface area contributed by atoms with Crippen LogP contribution in [0.5, 0.6) is 5.75 Å². The highest BCUT2D eigenvalue weighted by Gasteiger charge is 2.38. The number of methoxy groups -OCH3 is 1. The maximum absolute atomic E-state index is 12.8. The Morgan fingerprint density at radius 1 is 1.27 bits per heavy atom. The standard InChI is InChI=1S/C19H20ClN3O5S2/c1-28-14-5-7-15(8-6-14)30(26,27)16-10-21-19(23-18(16)25)29-11-17(24)22-13-4-2-3-12(20)9-13/h2-9,16,19,21H,10-11H2,1H3,(H,22,24)(H,23,25). The summed E-state index contributed by atoms with van der Waals surface area (Å²) in [5.41, 5.74) is -0.00989. The molecule has 0 radical (unpaired) electrons. The van der Waals surface area contributed by atoms with E-state index in [0.717, 1.165) is 11.8 Å². The Labute approximate surface area is 183 Å². The topological polar surface area (TPSA) is 114 Å². The number of anilines is 1. The van der Waals surface area contributed by atoms with E-state index in [2.05, 4.69) is 16.0 Å². The third-order valence-corrected chi connectivity index (χ3v) is 7.65. The molecule has 2 atom stereocenters. The van der Waals surface area contributed by atoms with Gasteiger partial charge in [-0.2, -0.15) is 0 Å². The van der Waals surface area contributed by atoms with Gasteiger partial charge in [0.2, 0.25) is 11.8 Å². The molecule has 0 aromatic heterocycles. The molecule has 160 valence electrons. The van der Waals surface area contributed by atoms with E-state index in [-0.39, 0.29) is 23.1 Å². The van der Waals surface area contributed by atoms with Crippen LogP contribution in [0.2, 0.25) is 5.02 Å². The first kappa shape index (κ1) is 22.4. The van der Waals surface area contributed by atoms with Crippen molar-refractivity contribution in [3.63, 3.8) is 0 Å². The molecule has 3 N–H and O–H groups in total. The molecule has 30 heavy (non-hydrogen) atoms. The lowest BCUT2D eigenvalue weighted by Gasteiger charge is -2.29. The zero-order chi connectivity index (χ0) is 21.7. The molecule has 1 aliphatic heterocycles. The first-order valence-electron chi connectivity index (χ1n) is 8.88. The molecule has 0 bridgehead atoms. The van der Waals surface area contributed by atoms with Crippen molar-refractivity contribution < 1.29 is 22.7 Å². The quantitative estimate of drug-likeness (QED) is 0.567. The highest BCUT2D eigenvalue weighted by atomic mass is 35.5. The van der Waals surface area contributed by atoms with Crippen molar-refractivity contribution in [2.24, 2.45) is 0 Å². The second-order valence-electron chi connectivity index (χ2n) is 6.38. The molecule has 1 aliphatic rings. The van der Waals surface area contributed by atoms with Gasteiger partial charge in [-0.15, -0.1) is 11.8 Å². The van der Waals surface area contributed by atoms with Crippen LogP contribution in [0.4, 0.5) is 5.69 Å². The number of halogens is 1. The molecule has 2 aromatic carbocycles. The van der Waals surface area contributed by atoms with Crippen molar-refractivity contribution in [2.45, 2.75) is 15.6 Å². The van der Waals surface area contributed by atoms with E-state index in [1.54, 1.807) is 24.3 Å². The van der Waals surface area contributed by atoms with Crippen molar-refractivity contribution in [2.75, 3.05) is 24.7 Å². The summed E-state index contributed by atoms with van der Waals surface area (Å²) >= 11 is 7.03. The van der Waals surface area contributed by atoms with E-state index >= 15 is 0 Å². The number of amides is 2. The summed E-state index contributed by atoms with van der Waals surface area (Å²) in [4.78, 5) is 24.6. The lowest BCUT2D eigenvalue weighted by atomic mass is 10.3. The summed E-state index contributed by atoms with van der Waals surface area (Å²) in [7, 11) is -2.39. The minimum Gasteiger partial charge on any atom is -0.497 e. The van der Waals surface area contributed by atoms with E-state index in [9.17, 15) is 18.0 Å². The van der Waals surface area contributed by atoms with Gasteiger partial charge in [0.25, 0.3) is 0 Å². The molecule has 2 aromatic rings. The predicted molar refractivity (Wildman–Crippen MR) is 116 cm³/mol. The molecule has 1 saturated heterocycles. The maximum Gasteiger partial charge on any atom is 0.241 e. The number of hydrogen-bond acceptors (Lipinski definition) is 7. The highest BCUT2D eigenvalue weighted by molar-refractivity contribution is 8.00. The second-order valence-corrected chi connectivity index (χ2v) is 10.0. The molecule has 3 rings (SSSR count). The molecule has 0 saturated carbocycles. The number of benzene rings is 2. The van der Waals surface area contributed by atoms with Crippen molar-refractivity contribution in [1.82, 2.24) is 10.6 Å². The second kappa shape index (κ2) is 9.69. The Morgan fingerprint density at radius 3 is 2.63 bits per heavy atom. The van der Waals surface area contributed by atoms with Crippen LogP contribution in [-0.2, 0) is 19.4 Å². The summed E-state index contributed by atoms with van der Waals surface area (Å²) in [5.74, 6) is -0.309. The number of carbonyl (C=O) groups excluding carboxylic acids is 2. The summed E-state index contributed by atoms with van der Waals surface area (Å²) in [6.07, 6.45) is 0. The van der Waals surface area contributed by atoms with E-state index < -0.39 is 26.5 Å². The lowest BCUT2D eigenvalue weighted by molar-refractivity contribution is -0.122. The monoisotopic (exact) mass is 469 g/mol. The molecule has 0 aliphatic carbocycles. The normalized spacial score (nSPS) is 19.1. The summed E-state index contributed by atoms with van der Waals surface area (Å²) < 4.78 is 30.6. The number of thioether (sulfide) groups is 1. The van der Waals surface area contributed by atoms with Crippen LogP contribution in [-0.4, -0.2) is 50.4 Å². The van der Waals surface area contributed by atoms with E-state index in [1.165, 1.54) is 31.4 Å². The van der Waals surface area contributed by atoms with E-state index in [4.69, 9.17) is 16.3 Å². The molecule has 1 heterocycles. The third-order valence-electron chi connectivity index (χ3n) is 4.31. The molecular weight excluding hydrogens is 450 g/mol. The average Bonchev–Trinajstić information content (AvgIpc) is 2.72. The number of nitrogens with one attached hydrogen (secondary N) is 3. The minimum atomic E-state index is -3.87. The largest absolute Gasteiger partial charge is 0.497 e. The van der Waals surface area contributed by atoms with E-state index in [0.29, 0.717) is 16.5 Å². The van der Waals surface area contributed by atoms with Gasteiger partial charge in [0, 0.05) is 17.3 Å². The Morgan fingerprint density at radius 2 is 2.00 bits per heavy atom. The fourth-order valence-corrected chi connectivity index (χ4v) is 5.29. The fourth-order valence-electron chi connectivity index (χ4n) is 2.78. The summed E-state index contributed by atoms with van der Waals surface area (Å²) in [6.45, 7) is -0.0617. The Bertz CT molecular complexity index is 1030. The van der Waals surface area contributed by atoms with Gasteiger partial charge >= 0.3 is 0 Å². The van der Waals surface area contributed by atoms with Gasteiger partial charge in [-0.1, -0.05) is 17.7 Å². The van der Waals surface area contributed by atoms with Gasteiger partial charge in [0.05, 0.1) is 17.8 Å². The molecule has 0 spiro atoms. The fraction of sp³-hybridized carbons (Fsp3) is 0.263. The maximum atomic E-state index is 12.8. The molecule has 1 fully saturated rings. The molecule has 2 amide bonds. The highest BCUT2D eigenvalue weighted by Crippen LogP contribution is 2.22. The number of ether oxygens (including phenoxy) is 1. The first-order chi connectivity index (χ1) is 14.3. The van der Waals surface area contributed by atoms with Crippen LogP contribution < -0.4 is 20.7 Å². The number of hydrogen-bond donors (Lipinski definition) is 3. The van der Waals surface area contributed by atoms with Gasteiger partial charge in [0.1, 0.15) is 11.2 Å². The molecule has 8 nitrogen and oxygen atoms in total. The zero-order valence-corrected chi connectivity index (χ0v) is 18.3. The summed E-state index contributed by atoms with van der Waals surface area (Å²) in [6, 6.07) is 12.6. The Hall–Kier alpha value is -2.27. The Balaban J connectivity index is 1.54. The van der Waals surface area contributed by atoms with Crippen molar-refractivity contribution >= 4 is 50.7 Å². The van der Waals surface area contributed by atoms with Crippen molar-refractivity contribution in [3.8, 4) is 5.75 Å². The molecule has 11 heteroatoms. The lowest BCUT2D eigenvalue weighted by Crippen LogP contribution is -2.59. The number of sulfone groups is 1. The van der Waals surface area contributed by atoms with Gasteiger partial charge in [0.15, 0.2) is 15.1 Å². The molecule has 2 unspecified atom stereocenters. The van der Waals surface area contributed by atoms with Crippen LogP contribution in [0.1, 0.15) is 0 Å². The number of rotatable bonds is 7. The van der Waals surface area contributed by atoms with E-state index in [1.807, 2.05) is 0 Å². The van der Waals surface area contributed by atoms with Crippen molar-refractivity contribution in [3.05, 3.63) is 53.6 Å². The van der Waals surface area contributed by atoms with Crippen LogP contribution in [0.3, 0.4) is 0 Å². The van der Waals surface area contributed by atoms with Gasteiger partial charge < -0.3 is 15.4 Å². The molecular formula is C19H20ClN3O5S2. The minimum absolute atomic E-state index is 0.0391. The van der Waals surface area contributed by atoms with Gasteiger partial charge in [-0.25, -0.2) is 8.42 Å². The average molecular weight is 470 g/mol. The van der Waals surface area contributed by atoms with Crippen LogP contribution in [0.25, 0.3) is 0 Å². The van der Waals surface area contributed by atoms with Crippen LogP contribution in [0, 0.1) is 0 Å². The van der Waals surface area contributed by atoms with Gasteiger partial charge in [-0.05, 0) is 42.5 Å². The first-order valence-corrected chi connectivity index (χ1v) is 11.9. The Kier molecular flexibility index (Phi) is 7.24. The SMILES string of the molecule is COc1ccc(S(=O)(=O)C2CNC(SCC(=O)Nc3cccc(Cl)c3)NC2=O)cc1. The van der Waals surface area contributed by atoms with Gasteiger partial charge in [-0.3, -0.25) is 14.9 Å².